The van der Waals surface area contributed by atoms with Crippen LogP contribution < -0.4 is 4.74 Å². The highest BCUT2D eigenvalue weighted by Crippen LogP contribution is 2.31. The van der Waals surface area contributed by atoms with Crippen LogP contribution in [0.1, 0.15) is 16.1 Å². The van der Waals surface area contributed by atoms with Crippen molar-refractivity contribution in [2.24, 2.45) is 7.05 Å². The van der Waals surface area contributed by atoms with Crippen molar-refractivity contribution in [3.8, 4) is 11.8 Å². The number of hydrogen-bond donors (Lipinski definition) is 2. The second-order valence-electron chi connectivity index (χ2n) is 6.66. The molecule has 0 aliphatic rings. The van der Waals surface area contributed by atoms with Crippen LogP contribution in [-0.4, -0.2) is 30.7 Å². The zero-order valence-corrected chi connectivity index (χ0v) is 15.1. The number of nitrogens with zero attached hydrogens (tertiary/aromatic N) is 3. The predicted molar refractivity (Wildman–Crippen MR) is 106 cm³/mol. The molecule has 2 N–H and O–H groups in total. The third-order valence-corrected chi connectivity index (χ3v) is 4.73. The second kappa shape index (κ2) is 6.38. The molecule has 7 nitrogen and oxygen atoms in total. The van der Waals surface area contributed by atoms with Crippen molar-refractivity contribution in [2.75, 3.05) is 0 Å². The maximum atomic E-state index is 12.6. The zero-order chi connectivity index (χ0) is 19.1. The first-order valence-corrected chi connectivity index (χ1v) is 8.91. The summed E-state index contributed by atoms with van der Waals surface area (Å²) in [5.41, 5.74) is 3.08. The normalized spacial score (nSPS) is 11.3. The van der Waals surface area contributed by atoms with Crippen molar-refractivity contribution in [3.63, 3.8) is 0 Å². The Labute approximate surface area is 159 Å². The number of carbonyl (C=O) groups is 1. The van der Waals surface area contributed by atoms with E-state index in [1.54, 1.807) is 16.9 Å². The minimum Gasteiger partial charge on any atom is -0.421 e. The number of aromatic amines is 2. The molecule has 0 saturated carbocycles. The van der Waals surface area contributed by atoms with Crippen molar-refractivity contribution in [1.29, 1.82) is 0 Å². The summed E-state index contributed by atoms with van der Waals surface area (Å²) in [6, 6.07) is 17.2. The van der Waals surface area contributed by atoms with Gasteiger partial charge in [-0.3, -0.25) is 15.0 Å². The first-order chi connectivity index (χ1) is 13.7. The molecule has 0 unspecified atom stereocenters. The number of benzene rings is 2. The summed E-state index contributed by atoms with van der Waals surface area (Å²) in [5, 5.41) is 12.0. The van der Waals surface area contributed by atoms with Crippen LogP contribution in [0.15, 0.2) is 60.8 Å². The predicted octanol–water partition coefficient (Wildman–Crippen LogP) is 4.00. The molecule has 5 rings (SSSR count). The summed E-state index contributed by atoms with van der Waals surface area (Å²) in [6.07, 6.45) is 2.01. The summed E-state index contributed by atoms with van der Waals surface area (Å²) < 4.78 is 7.56. The van der Waals surface area contributed by atoms with Crippen molar-refractivity contribution < 1.29 is 9.53 Å². The molecule has 5 aromatic rings. The Bertz CT molecular complexity index is 1300. The van der Waals surface area contributed by atoms with Gasteiger partial charge in [-0.25, -0.2) is 9.67 Å². The average molecular weight is 371 g/mol. The van der Waals surface area contributed by atoms with E-state index in [4.69, 9.17) is 4.74 Å². The van der Waals surface area contributed by atoms with Crippen LogP contribution in [0.2, 0.25) is 0 Å². The summed E-state index contributed by atoms with van der Waals surface area (Å²) in [5.74, 6) is 1.21. The molecule has 3 aromatic heterocycles. The van der Waals surface area contributed by atoms with E-state index in [1.165, 1.54) is 0 Å². The van der Waals surface area contributed by atoms with Crippen LogP contribution >= 0.6 is 0 Å². The van der Waals surface area contributed by atoms with Gasteiger partial charge in [0.25, 0.3) is 0 Å². The van der Waals surface area contributed by atoms with Gasteiger partial charge in [0.15, 0.2) is 5.78 Å². The van der Waals surface area contributed by atoms with Gasteiger partial charge in [-0.1, -0.05) is 30.3 Å². The van der Waals surface area contributed by atoms with Gasteiger partial charge in [-0.2, -0.15) is 5.10 Å². The monoisotopic (exact) mass is 371 g/mol. The number of Topliss-reactive ketones (excluding diaryl/α,β-unsaturated/α-hetero) is 1. The van der Waals surface area contributed by atoms with E-state index < -0.39 is 0 Å². The van der Waals surface area contributed by atoms with Gasteiger partial charge in [0.1, 0.15) is 5.69 Å². The third kappa shape index (κ3) is 2.83. The molecule has 0 aliphatic heterocycles. The Kier molecular flexibility index (Phi) is 3.72. The standard InChI is InChI=1S/C21H17N5O2/c1-26-20(7-8-22-26)28-21-15-10-14-11-18(23-16(14)12-17(15)24-25-21)19(27)9-13-5-3-2-4-6-13/h2-8,10-12,24-25H,9H2,1H3. The summed E-state index contributed by atoms with van der Waals surface area (Å²) >= 11 is 0. The van der Waals surface area contributed by atoms with Crippen LogP contribution in [0.25, 0.3) is 21.8 Å². The lowest BCUT2D eigenvalue weighted by Gasteiger charge is -2.02. The lowest BCUT2D eigenvalue weighted by Crippen LogP contribution is -2.03. The number of carbonyl (C=O) groups excluding carboxylic acids is 1. The summed E-state index contributed by atoms with van der Waals surface area (Å²) in [4.78, 5) is 17.1. The number of aromatic nitrogens is 5. The van der Waals surface area contributed by atoms with Crippen LogP contribution in [-0.2, 0) is 13.5 Å². The number of hydrogen-bond acceptors (Lipinski definition) is 4. The molecule has 0 radical (unpaired) electrons. The quantitative estimate of drug-likeness (QED) is 0.457. The Morgan fingerprint density at radius 1 is 1.11 bits per heavy atom. The smallest absolute Gasteiger partial charge is 0.223 e. The van der Waals surface area contributed by atoms with E-state index >= 15 is 0 Å². The number of nitrogens with one attached hydrogen (secondary N) is 2. The number of ketones is 1. The Balaban J connectivity index is 1.49. The van der Waals surface area contributed by atoms with Gasteiger partial charge < -0.3 is 4.74 Å². The van der Waals surface area contributed by atoms with E-state index in [9.17, 15) is 4.79 Å². The van der Waals surface area contributed by atoms with Crippen molar-refractivity contribution in [2.45, 2.75) is 6.42 Å². The van der Waals surface area contributed by atoms with Crippen molar-refractivity contribution in [3.05, 3.63) is 72.1 Å². The average Bonchev–Trinajstić information content (AvgIpc) is 3.40. The van der Waals surface area contributed by atoms with Gasteiger partial charge in [-0.05, 0) is 23.8 Å². The van der Waals surface area contributed by atoms with Crippen LogP contribution in [0.4, 0.5) is 0 Å². The topological polar surface area (TPSA) is 88.6 Å². The molecule has 0 aliphatic carbocycles. The Morgan fingerprint density at radius 3 is 2.75 bits per heavy atom. The van der Waals surface area contributed by atoms with Crippen molar-refractivity contribution in [1.82, 2.24) is 25.0 Å². The molecular weight excluding hydrogens is 354 g/mol. The molecule has 2 aromatic carbocycles. The third-order valence-electron chi connectivity index (χ3n) is 4.73. The highest BCUT2D eigenvalue weighted by Gasteiger charge is 2.15. The number of rotatable bonds is 5. The summed E-state index contributed by atoms with van der Waals surface area (Å²) in [6.45, 7) is 0. The first-order valence-electron chi connectivity index (χ1n) is 8.91. The van der Waals surface area contributed by atoms with Gasteiger partial charge in [0.2, 0.25) is 11.8 Å². The largest absolute Gasteiger partial charge is 0.421 e. The van der Waals surface area contributed by atoms with Crippen molar-refractivity contribution >= 4 is 27.6 Å². The molecular formula is C21H17N5O2. The minimum absolute atomic E-state index is 0.00369. The number of aryl methyl sites for hydroxylation is 1. The van der Waals surface area contributed by atoms with Crippen LogP contribution in [0.5, 0.6) is 11.8 Å². The molecule has 3 heterocycles. The lowest BCUT2D eigenvalue weighted by molar-refractivity contribution is 0.0989. The maximum absolute atomic E-state index is 12.6. The number of ether oxygens (including phenoxy) is 1. The Hall–Kier alpha value is -3.87. The summed E-state index contributed by atoms with van der Waals surface area (Å²) in [7, 11) is 1.81. The van der Waals surface area contributed by atoms with Gasteiger partial charge in [-0.15, -0.1) is 0 Å². The highest BCUT2D eigenvalue weighted by atomic mass is 16.5. The fourth-order valence-electron chi connectivity index (χ4n) is 3.27. The van der Waals surface area contributed by atoms with E-state index in [-0.39, 0.29) is 5.78 Å². The van der Waals surface area contributed by atoms with E-state index in [0.29, 0.717) is 23.9 Å². The SMILES string of the molecule is Cn1nccc1Oc1[nH][nH]c2cc3nc(C(=O)Cc4ccccc4)cc3cc12. The first kappa shape index (κ1) is 16.3. The molecule has 7 heteroatoms. The van der Waals surface area contributed by atoms with E-state index in [0.717, 1.165) is 27.4 Å². The highest BCUT2D eigenvalue weighted by molar-refractivity contribution is 6.04. The lowest BCUT2D eigenvalue weighted by atomic mass is 10.1. The van der Waals surface area contributed by atoms with E-state index in [1.807, 2.05) is 55.6 Å². The molecule has 28 heavy (non-hydrogen) atoms. The molecule has 0 atom stereocenters. The molecule has 0 saturated heterocycles. The number of fused-ring (bicyclic) bond motifs is 2. The second-order valence-corrected chi connectivity index (χ2v) is 6.66. The van der Waals surface area contributed by atoms with E-state index in [2.05, 4.69) is 20.3 Å². The molecule has 0 fully saturated rings. The number of H-pyrrole nitrogens is 2. The van der Waals surface area contributed by atoms with Crippen LogP contribution in [0.3, 0.4) is 0 Å². The van der Waals surface area contributed by atoms with Gasteiger partial charge in [0, 0.05) is 24.9 Å². The fourth-order valence-corrected chi connectivity index (χ4v) is 3.27. The Morgan fingerprint density at radius 2 is 1.96 bits per heavy atom. The van der Waals surface area contributed by atoms with Gasteiger partial charge in [0.05, 0.1) is 22.6 Å². The molecule has 0 amide bonds. The van der Waals surface area contributed by atoms with Crippen LogP contribution in [0, 0.1) is 0 Å². The maximum Gasteiger partial charge on any atom is 0.223 e. The molecule has 0 spiro atoms. The minimum atomic E-state index is 0.00369. The fraction of sp³-hybridized carbons (Fsp3) is 0.0952. The van der Waals surface area contributed by atoms with Gasteiger partial charge >= 0.3 is 0 Å². The molecule has 0 bridgehead atoms. The zero-order valence-electron chi connectivity index (χ0n) is 15.1. The molecule has 138 valence electrons.